The molecule has 4 rings (SSSR count). The molecule has 0 saturated heterocycles. The highest BCUT2D eigenvalue weighted by molar-refractivity contribution is 7.12. The molecule has 0 bridgehead atoms. The quantitative estimate of drug-likeness (QED) is 0.581. The highest BCUT2D eigenvalue weighted by Crippen LogP contribution is 2.42. The van der Waals surface area contributed by atoms with Crippen molar-refractivity contribution in [3.63, 3.8) is 0 Å². The summed E-state index contributed by atoms with van der Waals surface area (Å²) < 4.78 is 10.8. The van der Waals surface area contributed by atoms with Crippen molar-refractivity contribution in [3.8, 4) is 5.75 Å². The lowest BCUT2D eigenvalue weighted by molar-refractivity contribution is -0.117. The zero-order valence-electron chi connectivity index (χ0n) is 16.7. The first kappa shape index (κ1) is 19.9. The molecular weight excluding hydrogens is 404 g/mol. The van der Waals surface area contributed by atoms with Crippen LogP contribution in [0.5, 0.6) is 5.75 Å². The van der Waals surface area contributed by atoms with E-state index in [0.717, 1.165) is 0 Å². The summed E-state index contributed by atoms with van der Waals surface area (Å²) in [6.07, 6.45) is 0.0124. The minimum atomic E-state index is -0.843. The number of thiophene rings is 1. The van der Waals surface area contributed by atoms with E-state index in [0.29, 0.717) is 22.0 Å². The van der Waals surface area contributed by atoms with Gasteiger partial charge in [0.05, 0.1) is 22.6 Å². The Labute approximate surface area is 177 Å². The molecular formula is C22H20N2O5S. The summed E-state index contributed by atoms with van der Waals surface area (Å²) in [6, 6.07) is 11.3. The van der Waals surface area contributed by atoms with Crippen molar-refractivity contribution in [2.45, 2.75) is 32.9 Å². The van der Waals surface area contributed by atoms with Crippen LogP contribution in [0.1, 0.15) is 40.9 Å². The summed E-state index contributed by atoms with van der Waals surface area (Å²) in [5, 5.41) is 16.4. The van der Waals surface area contributed by atoms with E-state index in [4.69, 9.17) is 9.26 Å². The molecule has 0 saturated carbocycles. The van der Waals surface area contributed by atoms with E-state index in [9.17, 15) is 14.7 Å². The van der Waals surface area contributed by atoms with Gasteiger partial charge in [0, 0.05) is 6.07 Å². The highest BCUT2D eigenvalue weighted by Gasteiger charge is 2.46. The molecule has 1 aromatic carbocycles. The Balaban J connectivity index is 1.81. The largest absolute Gasteiger partial charge is 0.503 e. The van der Waals surface area contributed by atoms with Gasteiger partial charge < -0.3 is 14.4 Å². The minimum absolute atomic E-state index is 0.0124. The second-order valence-electron chi connectivity index (χ2n) is 7.18. The number of ether oxygens (including phenoxy) is 1. The Bertz CT molecular complexity index is 1110. The van der Waals surface area contributed by atoms with Crippen LogP contribution in [0, 0.1) is 6.92 Å². The van der Waals surface area contributed by atoms with Crippen LogP contribution in [0.4, 0.5) is 5.82 Å². The lowest BCUT2D eigenvalue weighted by Gasteiger charge is -2.24. The number of aryl methyl sites for hydroxylation is 1. The van der Waals surface area contributed by atoms with E-state index in [2.05, 4.69) is 5.16 Å². The number of hydrogen-bond acceptors (Lipinski definition) is 7. The fraction of sp³-hybridized carbons (Fsp3) is 0.227. The van der Waals surface area contributed by atoms with Crippen LogP contribution in [0.3, 0.4) is 0 Å². The third kappa shape index (κ3) is 3.50. The molecule has 1 atom stereocenters. The Kier molecular flexibility index (Phi) is 5.17. The van der Waals surface area contributed by atoms with Gasteiger partial charge in [-0.25, -0.2) is 0 Å². The van der Waals surface area contributed by atoms with Crippen molar-refractivity contribution >= 4 is 28.8 Å². The molecule has 0 aliphatic carbocycles. The fourth-order valence-electron chi connectivity index (χ4n) is 3.40. The lowest BCUT2D eigenvalue weighted by Crippen LogP contribution is -2.31. The third-order valence-corrected chi connectivity index (χ3v) is 5.50. The number of aromatic nitrogens is 1. The smallest absolute Gasteiger partial charge is 0.295 e. The zero-order valence-corrected chi connectivity index (χ0v) is 17.5. The maximum absolute atomic E-state index is 13.2. The second kappa shape index (κ2) is 7.79. The van der Waals surface area contributed by atoms with Gasteiger partial charge in [-0.2, -0.15) is 0 Å². The van der Waals surface area contributed by atoms with Crippen LogP contribution in [-0.2, 0) is 4.79 Å². The number of hydrogen-bond donors (Lipinski definition) is 1. The molecule has 154 valence electrons. The highest BCUT2D eigenvalue weighted by atomic mass is 32.1. The summed E-state index contributed by atoms with van der Waals surface area (Å²) in [7, 11) is 0. The van der Waals surface area contributed by atoms with Gasteiger partial charge in [-0.05, 0) is 49.9 Å². The minimum Gasteiger partial charge on any atom is -0.503 e. The number of aliphatic hydroxyl groups is 1. The van der Waals surface area contributed by atoms with Gasteiger partial charge in [0.1, 0.15) is 11.5 Å². The van der Waals surface area contributed by atoms with Gasteiger partial charge >= 0.3 is 0 Å². The van der Waals surface area contributed by atoms with Crippen LogP contribution in [0.25, 0.3) is 0 Å². The summed E-state index contributed by atoms with van der Waals surface area (Å²) in [4.78, 5) is 27.9. The molecule has 3 aromatic rings. The number of Topliss-reactive ketones (excluding diaryl/α,β-unsaturated/α-hetero) is 1. The predicted octanol–water partition coefficient (Wildman–Crippen LogP) is 4.61. The van der Waals surface area contributed by atoms with Crippen molar-refractivity contribution in [1.82, 2.24) is 5.16 Å². The monoisotopic (exact) mass is 424 g/mol. The van der Waals surface area contributed by atoms with Gasteiger partial charge in [0.15, 0.2) is 11.6 Å². The number of carbonyl (C=O) groups is 2. The first-order valence-corrected chi connectivity index (χ1v) is 10.3. The number of benzene rings is 1. The molecule has 1 amide bonds. The zero-order chi connectivity index (χ0) is 21.4. The standard InChI is InChI=1S/C22H20N2O5S/c1-12(2)28-15-8-6-14(7-9-15)19-18(20(25)16-5-4-10-30-16)21(26)22(27)24(19)17-11-13(3)29-23-17/h4-12,19,26H,1-3H3/t19-/m0/s1. The maximum Gasteiger partial charge on any atom is 0.295 e. The SMILES string of the molecule is Cc1cc(N2C(=O)C(O)=C(C(=O)c3cccs3)[C@@H]2c2ccc(OC(C)C)cc2)no1. The van der Waals surface area contributed by atoms with E-state index in [1.54, 1.807) is 54.8 Å². The van der Waals surface area contributed by atoms with E-state index in [1.165, 1.54) is 16.2 Å². The van der Waals surface area contributed by atoms with Crippen molar-refractivity contribution in [1.29, 1.82) is 0 Å². The molecule has 7 nitrogen and oxygen atoms in total. The van der Waals surface area contributed by atoms with Crippen molar-refractivity contribution in [3.05, 3.63) is 75.4 Å². The molecule has 30 heavy (non-hydrogen) atoms. The molecule has 8 heteroatoms. The Morgan fingerprint density at radius 1 is 1.27 bits per heavy atom. The summed E-state index contributed by atoms with van der Waals surface area (Å²) in [5.41, 5.74) is 0.657. The number of amides is 1. The van der Waals surface area contributed by atoms with E-state index >= 15 is 0 Å². The van der Waals surface area contributed by atoms with Crippen LogP contribution in [-0.4, -0.2) is 28.1 Å². The van der Waals surface area contributed by atoms with Crippen molar-refractivity contribution in [2.24, 2.45) is 0 Å². The van der Waals surface area contributed by atoms with E-state index < -0.39 is 23.5 Å². The van der Waals surface area contributed by atoms with Gasteiger partial charge in [0.25, 0.3) is 5.91 Å². The first-order valence-electron chi connectivity index (χ1n) is 9.41. The van der Waals surface area contributed by atoms with E-state index in [-0.39, 0.29) is 17.5 Å². The molecule has 2 aromatic heterocycles. The van der Waals surface area contributed by atoms with Crippen LogP contribution >= 0.6 is 11.3 Å². The van der Waals surface area contributed by atoms with Gasteiger partial charge in [-0.15, -0.1) is 11.3 Å². The van der Waals surface area contributed by atoms with Gasteiger partial charge in [-0.3, -0.25) is 14.5 Å². The van der Waals surface area contributed by atoms with Crippen molar-refractivity contribution in [2.75, 3.05) is 4.90 Å². The molecule has 0 radical (unpaired) electrons. The average Bonchev–Trinajstić information content (AvgIpc) is 3.43. The average molecular weight is 424 g/mol. The first-order chi connectivity index (χ1) is 14.4. The Morgan fingerprint density at radius 2 is 2.00 bits per heavy atom. The molecule has 0 spiro atoms. The summed E-state index contributed by atoms with van der Waals surface area (Å²) >= 11 is 1.25. The number of aliphatic hydroxyl groups excluding tert-OH is 1. The summed E-state index contributed by atoms with van der Waals surface area (Å²) in [6.45, 7) is 5.56. The number of nitrogens with zero attached hydrogens (tertiary/aromatic N) is 2. The Hall–Kier alpha value is -3.39. The third-order valence-electron chi connectivity index (χ3n) is 4.63. The second-order valence-corrected chi connectivity index (χ2v) is 8.13. The van der Waals surface area contributed by atoms with E-state index in [1.807, 2.05) is 13.8 Å². The molecule has 0 unspecified atom stereocenters. The molecule has 1 aliphatic rings. The number of rotatable bonds is 6. The number of carbonyl (C=O) groups excluding carboxylic acids is 2. The molecule has 0 fully saturated rings. The normalized spacial score (nSPS) is 16.6. The van der Waals surface area contributed by atoms with Crippen LogP contribution in [0.2, 0.25) is 0 Å². The van der Waals surface area contributed by atoms with Crippen LogP contribution < -0.4 is 9.64 Å². The van der Waals surface area contributed by atoms with Gasteiger partial charge in [0.2, 0.25) is 5.78 Å². The molecule has 1 N–H and O–H groups in total. The van der Waals surface area contributed by atoms with Gasteiger partial charge in [-0.1, -0.05) is 23.4 Å². The Morgan fingerprint density at radius 3 is 2.57 bits per heavy atom. The maximum atomic E-state index is 13.2. The number of ketones is 1. The topological polar surface area (TPSA) is 92.9 Å². The molecule has 3 heterocycles. The van der Waals surface area contributed by atoms with Crippen LogP contribution in [0.15, 0.2) is 63.7 Å². The lowest BCUT2D eigenvalue weighted by atomic mass is 9.95. The predicted molar refractivity (Wildman–Crippen MR) is 112 cm³/mol. The fourth-order valence-corrected chi connectivity index (χ4v) is 4.07. The number of anilines is 1. The summed E-state index contributed by atoms with van der Waals surface area (Å²) in [5.74, 6) is -0.273. The van der Waals surface area contributed by atoms with Crippen molar-refractivity contribution < 1.29 is 24.0 Å². The molecule has 1 aliphatic heterocycles.